The van der Waals surface area contributed by atoms with Crippen molar-refractivity contribution in [2.75, 3.05) is 0 Å². The molecule has 0 aliphatic rings. The fourth-order valence-electron chi connectivity index (χ4n) is 5.83. The molecule has 8 aromatic rings. The highest BCUT2D eigenvalue weighted by Crippen LogP contribution is 2.45. The largest absolute Gasteiger partial charge is 0.135 e. The maximum absolute atomic E-state index is 8.79. The van der Waals surface area contributed by atoms with E-state index in [2.05, 4.69) is 72.8 Å². The number of hydrogen-bond donors (Lipinski definition) is 0. The van der Waals surface area contributed by atoms with E-state index in [1.54, 1.807) is 11.3 Å². The molecule has 1 aromatic heterocycles. The Morgan fingerprint density at radius 2 is 0.974 bits per heavy atom. The molecule has 0 aliphatic carbocycles. The molecular weight excluding hydrogens is 488 g/mol. The smallest absolute Gasteiger partial charge is 0.0629 e. The van der Waals surface area contributed by atoms with Gasteiger partial charge in [-0.05, 0) is 73.1 Å². The summed E-state index contributed by atoms with van der Waals surface area (Å²) in [6.07, 6.45) is 0. The number of rotatable bonds is 3. The van der Waals surface area contributed by atoms with Gasteiger partial charge in [0.05, 0.1) is 6.85 Å². The summed E-state index contributed by atoms with van der Waals surface area (Å²) >= 11 is 1.80. The van der Waals surface area contributed by atoms with Crippen molar-refractivity contribution in [2.24, 2.45) is 0 Å². The predicted octanol–water partition coefficient (Wildman–Crippen LogP) is 11.4. The van der Waals surface area contributed by atoms with Crippen LogP contribution >= 0.6 is 11.3 Å². The maximum atomic E-state index is 8.79. The summed E-state index contributed by atoms with van der Waals surface area (Å²) in [5.41, 5.74) is 5.42. The Kier molecular flexibility index (Phi) is 4.06. The molecule has 0 saturated carbocycles. The minimum atomic E-state index is -0.388. The third-order valence-electron chi connectivity index (χ3n) is 7.55. The summed E-state index contributed by atoms with van der Waals surface area (Å²) in [7, 11) is 0. The fraction of sp³-hybridized carbons (Fsp3) is 0. The normalized spacial score (nSPS) is 13.4. The van der Waals surface area contributed by atoms with Crippen LogP contribution < -0.4 is 0 Å². The van der Waals surface area contributed by atoms with Crippen LogP contribution in [-0.2, 0) is 0 Å². The molecule has 1 heteroatoms. The van der Waals surface area contributed by atoms with Crippen LogP contribution in [0.5, 0.6) is 0 Å². The molecule has 8 rings (SSSR count). The van der Waals surface area contributed by atoms with E-state index in [0.717, 1.165) is 32.7 Å². The van der Waals surface area contributed by atoms with Gasteiger partial charge >= 0.3 is 0 Å². The molecule has 0 aliphatic heterocycles. The highest BCUT2D eigenvalue weighted by atomic mass is 32.1. The average Bonchev–Trinajstić information content (AvgIpc) is 3.44. The second-order valence-electron chi connectivity index (χ2n) is 9.73. The van der Waals surface area contributed by atoms with Gasteiger partial charge in [-0.2, -0.15) is 0 Å². The van der Waals surface area contributed by atoms with Gasteiger partial charge in [-0.3, -0.25) is 0 Å². The molecule has 1 heterocycles. The van der Waals surface area contributed by atoms with Crippen LogP contribution in [0.3, 0.4) is 0 Å². The Morgan fingerprint density at radius 1 is 0.385 bits per heavy atom. The fourth-order valence-corrected chi connectivity index (χ4v) is 6.95. The van der Waals surface area contributed by atoms with Gasteiger partial charge in [0.25, 0.3) is 0 Å². The second-order valence-corrected chi connectivity index (χ2v) is 10.8. The van der Waals surface area contributed by atoms with E-state index in [1.807, 2.05) is 42.5 Å². The lowest BCUT2D eigenvalue weighted by atomic mass is 9.86. The summed E-state index contributed by atoms with van der Waals surface area (Å²) < 4.78 is 44.9. The van der Waals surface area contributed by atoms with Gasteiger partial charge in [-0.25, -0.2) is 0 Å². The first-order valence-corrected chi connectivity index (χ1v) is 13.8. The minimum Gasteiger partial charge on any atom is -0.135 e. The van der Waals surface area contributed by atoms with E-state index in [4.69, 9.17) is 6.85 Å². The van der Waals surface area contributed by atoms with Crippen molar-refractivity contribution in [1.82, 2.24) is 0 Å². The molecule has 0 bridgehead atoms. The number of hydrogen-bond acceptors (Lipinski definition) is 1. The summed E-state index contributed by atoms with van der Waals surface area (Å²) in [6, 6.07) is 38.3. The van der Waals surface area contributed by atoms with E-state index in [0.29, 0.717) is 5.56 Å². The van der Waals surface area contributed by atoms with Gasteiger partial charge in [0.2, 0.25) is 0 Å². The number of benzene rings is 7. The van der Waals surface area contributed by atoms with Crippen LogP contribution in [0.4, 0.5) is 0 Å². The molecule has 0 amide bonds. The predicted molar refractivity (Wildman–Crippen MR) is 171 cm³/mol. The van der Waals surface area contributed by atoms with Crippen molar-refractivity contribution in [3.05, 3.63) is 145 Å². The Hall–Kier alpha value is -4.72. The zero-order valence-electron chi connectivity index (χ0n) is 25.9. The van der Waals surface area contributed by atoms with E-state index < -0.39 is 0 Å². The SMILES string of the molecule is [2H]c1c([2H])c([2H])c(-c2c3ccccc3c(-c3ccc4sc5cc(-c6ccccc6)ccc5c4c3)c3ccccc23)c([2H])c1[2H]. The second kappa shape index (κ2) is 8.94. The van der Waals surface area contributed by atoms with E-state index in [9.17, 15) is 0 Å². The monoisotopic (exact) mass is 517 g/mol. The van der Waals surface area contributed by atoms with Gasteiger partial charge < -0.3 is 0 Å². The Labute approximate surface area is 238 Å². The van der Waals surface area contributed by atoms with E-state index in [-0.39, 0.29) is 35.8 Å². The minimum absolute atomic E-state index is 0.194. The summed E-state index contributed by atoms with van der Waals surface area (Å²) in [4.78, 5) is 0. The van der Waals surface area contributed by atoms with Crippen molar-refractivity contribution in [1.29, 1.82) is 0 Å². The first kappa shape index (κ1) is 17.7. The van der Waals surface area contributed by atoms with Crippen molar-refractivity contribution in [3.63, 3.8) is 0 Å². The summed E-state index contributed by atoms with van der Waals surface area (Å²) in [6.45, 7) is 0. The maximum Gasteiger partial charge on any atom is 0.0629 e. The highest BCUT2D eigenvalue weighted by molar-refractivity contribution is 7.25. The third kappa shape index (κ3) is 3.59. The molecule has 39 heavy (non-hydrogen) atoms. The Bertz CT molecular complexity index is 2360. The van der Waals surface area contributed by atoms with E-state index in [1.165, 1.54) is 31.3 Å². The van der Waals surface area contributed by atoms with Crippen molar-refractivity contribution in [2.45, 2.75) is 0 Å². The molecule has 0 atom stereocenters. The first-order chi connectivity index (χ1) is 21.4. The van der Waals surface area contributed by atoms with Crippen LogP contribution in [0, 0.1) is 0 Å². The van der Waals surface area contributed by atoms with Gasteiger partial charge in [0, 0.05) is 20.2 Å². The zero-order chi connectivity index (χ0) is 30.1. The molecule has 0 fully saturated rings. The lowest BCUT2D eigenvalue weighted by Crippen LogP contribution is -1.90. The molecule has 7 aromatic carbocycles. The summed E-state index contributed by atoms with van der Waals surface area (Å²) in [5, 5.41) is 6.06. The summed E-state index contributed by atoms with van der Waals surface area (Å²) in [5.74, 6) is 0. The van der Waals surface area contributed by atoms with Crippen molar-refractivity contribution in [3.8, 4) is 33.4 Å². The average molecular weight is 518 g/mol. The number of thiophene rings is 1. The van der Waals surface area contributed by atoms with Gasteiger partial charge in [-0.15, -0.1) is 11.3 Å². The quantitative estimate of drug-likeness (QED) is 0.204. The molecule has 0 nitrogen and oxygen atoms in total. The Morgan fingerprint density at radius 3 is 1.64 bits per heavy atom. The lowest BCUT2D eigenvalue weighted by Gasteiger charge is -2.17. The lowest BCUT2D eigenvalue weighted by molar-refractivity contribution is 1.66. The zero-order valence-corrected chi connectivity index (χ0v) is 21.7. The van der Waals surface area contributed by atoms with Crippen LogP contribution in [0.15, 0.2) is 145 Å². The topological polar surface area (TPSA) is 0 Å². The highest BCUT2D eigenvalue weighted by Gasteiger charge is 2.17. The molecule has 0 saturated heterocycles. The van der Waals surface area contributed by atoms with Crippen molar-refractivity contribution < 1.29 is 6.85 Å². The Balaban J connectivity index is 1.42. The number of fused-ring (bicyclic) bond motifs is 5. The molecule has 182 valence electrons. The van der Waals surface area contributed by atoms with Crippen molar-refractivity contribution >= 4 is 53.1 Å². The molecule has 0 spiro atoms. The van der Waals surface area contributed by atoms with Gasteiger partial charge in [-0.1, -0.05) is 127 Å². The van der Waals surface area contributed by atoms with Gasteiger partial charge in [0.15, 0.2) is 0 Å². The first-order valence-electron chi connectivity index (χ1n) is 15.4. The molecular formula is C38H24S. The van der Waals surface area contributed by atoms with E-state index >= 15 is 0 Å². The van der Waals surface area contributed by atoms with Crippen LogP contribution in [0.2, 0.25) is 0 Å². The molecule has 0 radical (unpaired) electrons. The van der Waals surface area contributed by atoms with Crippen LogP contribution in [-0.4, -0.2) is 0 Å². The van der Waals surface area contributed by atoms with Crippen LogP contribution in [0.25, 0.3) is 75.1 Å². The molecule has 0 N–H and O–H groups in total. The van der Waals surface area contributed by atoms with Gasteiger partial charge in [0.1, 0.15) is 0 Å². The van der Waals surface area contributed by atoms with Crippen LogP contribution in [0.1, 0.15) is 6.85 Å². The third-order valence-corrected chi connectivity index (χ3v) is 8.68. The molecule has 0 unspecified atom stereocenters. The standard InChI is InChI=1S/C38H24S/c1-3-11-25(12-4-1)27-19-21-29-34-23-28(20-22-35(34)39-36(29)24-27)38-32-17-9-7-15-30(32)37(26-13-5-2-6-14-26)31-16-8-10-18-33(31)38/h1-24H/i2D,5D,6D,13D,14D.